The van der Waals surface area contributed by atoms with E-state index in [2.05, 4.69) is 0 Å². The highest BCUT2D eigenvalue weighted by Crippen LogP contribution is 2.37. The molecule has 3 nitrogen and oxygen atoms in total. The van der Waals surface area contributed by atoms with E-state index in [4.69, 9.17) is 5.11 Å². The Hall–Kier alpha value is -1.78. The second-order valence-electron chi connectivity index (χ2n) is 4.03. The van der Waals surface area contributed by atoms with Crippen molar-refractivity contribution in [3.8, 4) is 0 Å². The fourth-order valence-corrected chi connectivity index (χ4v) is 2.80. The molecule has 0 spiro atoms. The maximum atomic E-state index is 10.8. The van der Waals surface area contributed by atoms with E-state index in [0.717, 1.165) is 22.9 Å². The number of rotatable bonds is 5. The summed E-state index contributed by atoms with van der Waals surface area (Å²) < 4.78 is 0. The van der Waals surface area contributed by atoms with Gasteiger partial charge in [0.25, 0.3) is 0 Å². The number of thioether (sulfide) groups is 1. The third kappa shape index (κ3) is 3.59. The molecule has 1 atom stereocenters. The molecule has 0 fully saturated rings. The van der Waals surface area contributed by atoms with Crippen molar-refractivity contribution >= 4 is 17.7 Å². The van der Waals surface area contributed by atoms with Gasteiger partial charge in [-0.2, -0.15) is 0 Å². The molecule has 2 aromatic rings. The van der Waals surface area contributed by atoms with Gasteiger partial charge in [0, 0.05) is 0 Å². The van der Waals surface area contributed by atoms with Crippen LogP contribution in [0.5, 0.6) is 0 Å². The Morgan fingerprint density at radius 2 is 1.32 bits per heavy atom. The Labute approximate surface area is 115 Å². The van der Waals surface area contributed by atoms with E-state index >= 15 is 0 Å². The number of aliphatic carboxylic acids is 1. The van der Waals surface area contributed by atoms with Gasteiger partial charge in [-0.1, -0.05) is 60.7 Å². The normalized spacial score (nSPS) is 12.3. The molecule has 0 saturated heterocycles. The summed E-state index contributed by atoms with van der Waals surface area (Å²) in [5.74, 6) is -1.22. The van der Waals surface area contributed by atoms with Gasteiger partial charge in [0.05, 0.1) is 5.25 Å². The minimum absolute atomic E-state index is 0.200. The van der Waals surface area contributed by atoms with E-state index in [1.807, 2.05) is 60.7 Å². The van der Waals surface area contributed by atoms with Crippen LogP contribution in [0.4, 0.5) is 0 Å². The van der Waals surface area contributed by atoms with Crippen LogP contribution in [0.15, 0.2) is 60.7 Å². The summed E-state index contributed by atoms with van der Waals surface area (Å²) in [6, 6.07) is 19.1. The summed E-state index contributed by atoms with van der Waals surface area (Å²) >= 11 is 1.01. The van der Waals surface area contributed by atoms with Gasteiger partial charge in [0.2, 0.25) is 0 Å². The monoisotopic (exact) mass is 274 g/mol. The minimum Gasteiger partial charge on any atom is -0.479 e. The maximum absolute atomic E-state index is 10.8. The number of hydrogen-bond acceptors (Lipinski definition) is 3. The second-order valence-corrected chi connectivity index (χ2v) is 5.22. The SMILES string of the molecule is O=C(O)C(O)SC(c1ccccc1)c1ccccc1. The van der Waals surface area contributed by atoms with Crippen LogP contribution < -0.4 is 0 Å². The van der Waals surface area contributed by atoms with Crippen LogP contribution in [0.2, 0.25) is 0 Å². The molecule has 4 heteroatoms. The molecule has 0 saturated carbocycles. The summed E-state index contributed by atoms with van der Waals surface area (Å²) in [4.78, 5) is 10.8. The first-order chi connectivity index (χ1) is 9.18. The molecule has 2 aromatic carbocycles. The molecule has 0 aliphatic carbocycles. The van der Waals surface area contributed by atoms with Crippen molar-refractivity contribution in [2.75, 3.05) is 0 Å². The summed E-state index contributed by atoms with van der Waals surface area (Å²) in [5.41, 5.74) is 0.503. The lowest BCUT2D eigenvalue weighted by Crippen LogP contribution is -2.17. The van der Waals surface area contributed by atoms with Gasteiger partial charge in [0.1, 0.15) is 0 Å². The molecule has 0 heterocycles. The van der Waals surface area contributed by atoms with Gasteiger partial charge in [-0.25, -0.2) is 4.79 Å². The highest BCUT2D eigenvalue weighted by Gasteiger charge is 2.23. The van der Waals surface area contributed by atoms with E-state index in [1.54, 1.807) is 0 Å². The smallest absolute Gasteiger partial charge is 0.343 e. The van der Waals surface area contributed by atoms with Gasteiger partial charge >= 0.3 is 5.97 Å². The van der Waals surface area contributed by atoms with E-state index in [9.17, 15) is 9.90 Å². The lowest BCUT2D eigenvalue weighted by molar-refractivity contribution is -0.141. The standard InChI is InChI=1S/C15H14O3S/c16-14(17)15(18)19-13(11-7-3-1-4-8-11)12-9-5-2-6-10-12/h1-10,13,15,18H,(H,16,17). The number of carboxylic acids is 1. The summed E-state index contributed by atoms with van der Waals surface area (Å²) in [5, 5.41) is 18.2. The van der Waals surface area contributed by atoms with E-state index in [1.165, 1.54) is 0 Å². The third-order valence-corrected chi connectivity index (χ3v) is 3.96. The highest BCUT2D eigenvalue weighted by atomic mass is 32.2. The first-order valence-electron chi connectivity index (χ1n) is 5.84. The fourth-order valence-electron chi connectivity index (χ4n) is 1.79. The Balaban J connectivity index is 2.32. The second kappa shape index (κ2) is 6.41. The summed E-state index contributed by atoms with van der Waals surface area (Å²) in [6.07, 6.45) is 0. The molecule has 0 aromatic heterocycles. The Morgan fingerprint density at radius 1 is 0.895 bits per heavy atom. The lowest BCUT2D eigenvalue weighted by atomic mass is 10.0. The van der Waals surface area contributed by atoms with E-state index in [-0.39, 0.29) is 5.25 Å². The number of carbonyl (C=O) groups is 1. The number of aliphatic hydroxyl groups is 1. The van der Waals surface area contributed by atoms with Gasteiger partial charge in [-0.05, 0) is 11.1 Å². The van der Waals surface area contributed by atoms with Crippen molar-refractivity contribution in [1.82, 2.24) is 0 Å². The molecule has 0 amide bonds. The quantitative estimate of drug-likeness (QED) is 0.823. The van der Waals surface area contributed by atoms with Crippen LogP contribution in [0.1, 0.15) is 16.4 Å². The van der Waals surface area contributed by atoms with Crippen molar-refractivity contribution < 1.29 is 15.0 Å². The van der Waals surface area contributed by atoms with Crippen molar-refractivity contribution in [1.29, 1.82) is 0 Å². The van der Waals surface area contributed by atoms with E-state index in [0.29, 0.717) is 0 Å². The average Bonchev–Trinajstić information content (AvgIpc) is 2.46. The Bertz CT molecular complexity index is 488. The molecular formula is C15H14O3S. The molecule has 98 valence electrons. The first kappa shape index (κ1) is 13.6. The van der Waals surface area contributed by atoms with Gasteiger partial charge in [-0.15, -0.1) is 11.8 Å². The van der Waals surface area contributed by atoms with Crippen LogP contribution in [0.25, 0.3) is 0 Å². The summed E-state index contributed by atoms with van der Waals surface area (Å²) in [7, 11) is 0. The topological polar surface area (TPSA) is 57.5 Å². The molecular weight excluding hydrogens is 260 g/mol. The third-order valence-electron chi connectivity index (χ3n) is 2.68. The van der Waals surface area contributed by atoms with Gasteiger partial charge < -0.3 is 10.2 Å². The largest absolute Gasteiger partial charge is 0.479 e. The van der Waals surface area contributed by atoms with Crippen LogP contribution >= 0.6 is 11.8 Å². The Morgan fingerprint density at radius 3 is 1.68 bits per heavy atom. The molecule has 2 rings (SSSR count). The zero-order valence-electron chi connectivity index (χ0n) is 10.1. The van der Waals surface area contributed by atoms with Gasteiger partial charge in [0.15, 0.2) is 5.44 Å². The highest BCUT2D eigenvalue weighted by molar-refractivity contribution is 8.00. The zero-order chi connectivity index (χ0) is 13.7. The van der Waals surface area contributed by atoms with Crippen molar-refractivity contribution in [3.05, 3.63) is 71.8 Å². The van der Waals surface area contributed by atoms with Crippen LogP contribution in [0.3, 0.4) is 0 Å². The fraction of sp³-hybridized carbons (Fsp3) is 0.133. The summed E-state index contributed by atoms with van der Waals surface area (Å²) in [6.45, 7) is 0. The van der Waals surface area contributed by atoms with Gasteiger partial charge in [-0.3, -0.25) is 0 Å². The molecule has 0 radical (unpaired) electrons. The van der Waals surface area contributed by atoms with Crippen LogP contribution in [-0.2, 0) is 4.79 Å². The first-order valence-corrected chi connectivity index (χ1v) is 6.79. The van der Waals surface area contributed by atoms with E-state index < -0.39 is 11.4 Å². The molecule has 19 heavy (non-hydrogen) atoms. The predicted molar refractivity (Wildman–Crippen MR) is 76.0 cm³/mol. The molecule has 1 unspecified atom stereocenters. The Kier molecular flexibility index (Phi) is 4.60. The molecule has 2 N–H and O–H groups in total. The number of aliphatic hydroxyl groups excluding tert-OH is 1. The minimum atomic E-state index is -1.44. The zero-order valence-corrected chi connectivity index (χ0v) is 11.0. The number of carboxylic acid groups (broad SMARTS) is 1. The van der Waals surface area contributed by atoms with Crippen molar-refractivity contribution in [3.63, 3.8) is 0 Å². The maximum Gasteiger partial charge on any atom is 0.343 e. The van der Waals surface area contributed by atoms with Crippen molar-refractivity contribution in [2.24, 2.45) is 0 Å². The number of hydrogen-bond donors (Lipinski definition) is 2. The van der Waals surface area contributed by atoms with Crippen molar-refractivity contribution in [2.45, 2.75) is 10.7 Å². The van der Waals surface area contributed by atoms with Crippen LogP contribution in [-0.4, -0.2) is 21.6 Å². The molecule has 0 bridgehead atoms. The lowest BCUT2D eigenvalue weighted by Gasteiger charge is -2.19. The number of benzene rings is 2. The van der Waals surface area contributed by atoms with Crippen LogP contribution in [0, 0.1) is 0 Å². The molecule has 0 aliphatic rings. The molecule has 0 aliphatic heterocycles. The average molecular weight is 274 g/mol. The predicted octanol–water partition coefficient (Wildman–Crippen LogP) is 2.91.